The van der Waals surface area contributed by atoms with Gasteiger partial charge in [-0.2, -0.15) is 0 Å². The van der Waals surface area contributed by atoms with Crippen molar-refractivity contribution in [1.29, 1.82) is 0 Å². The van der Waals surface area contributed by atoms with E-state index in [9.17, 15) is 10.1 Å². The fourth-order valence-electron chi connectivity index (χ4n) is 1.84. The highest BCUT2D eigenvalue weighted by molar-refractivity contribution is 6.42. The average Bonchev–Trinajstić information content (AvgIpc) is 2.41. The third-order valence-electron chi connectivity index (χ3n) is 2.92. The monoisotopic (exact) mass is 310 g/mol. The fraction of sp³-hybridized carbons (Fsp3) is 0.143. The molecule has 0 aromatic heterocycles. The van der Waals surface area contributed by atoms with Crippen molar-refractivity contribution in [3.8, 4) is 0 Å². The van der Waals surface area contributed by atoms with E-state index < -0.39 is 4.92 Å². The number of rotatable bonds is 4. The lowest BCUT2D eigenvalue weighted by Crippen LogP contribution is -2.02. The Morgan fingerprint density at radius 1 is 1.25 bits per heavy atom. The summed E-state index contributed by atoms with van der Waals surface area (Å²) in [6.45, 7) is 2.31. The molecule has 1 N–H and O–H groups in total. The van der Waals surface area contributed by atoms with Crippen LogP contribution in [0.2, 0.25) is 10.0 Å². The Hall–Kier alpha value is -1.78. The van der Waals surface area contributed by atoms with Gasteiger partial charge in [0.05, 0.1) is 15.0 Å². The Balaban J connectivity index is 2.15. The number of nitrogens with zero attached hydrogens (tertiary/aromatic N) is 1. The number of benzene rings is 2. The van der Waals surface area contributed by atoms with Crippen LogP contribution in [0.15, 0.2) is 36.4 Å². The summed E-state index contributed by atoms with van der Waals surface area (Å²) in [6, 6.07) is 10.1. The smallest absolute Gasteiger partial charge is 0.269 e. The highest BCUT2D eigenvalue weighted by Gasteiger charge is 2.09. The van der Waals surface area contributed by atoms with Crippen LogP contribution in [0.1, 0.15) is 11.1 Å². The van der Waals surface area contributed by atoms with Gasteiger partial charge in [-0.15, -0.1) is 0 Å². The summed E-state index contributed by atoms with van der Waals surface area (Å²) in [6.07, 6.45) is 0. The molecular weight excluding hydrogens is 299 g/mol. The Labute approximate surface area is 126 Å². The van der Waals surface area contributed by atoms with Crippen LogP contribution in [0.25, 0.3) is 0 Å². The van der Waals surface area contributed by atoms with Gasteiger partial charge in [0.2, 0.25) is 0 Å². The zero-order valence-electron chi connectivity index (χ0n) is 10.7. The van der Waals surface area contributed by atoms with Crippen LogP contribution < -0.4 is 5.32 Å². The number of nitro benzene ring substituents is 1. The first-order valence-electron chi connectivity index (χ1n) is 5.91. The summed E-state index contributed by atoms with van der Waals surface area (Å²) >= 11 is 12.1. The van der Waals surface area contributed by atoms with Crippen LogP contribution >= 0.6 is 23.2 Å². The molecule has 2 aromatic rings. The molecule has 0 heterocycles. The topological polar surface area (TPSA) is 55.2 Å². The van der Waals surface area contributed by atoms with Crippen LogP contribution in [0, 0.1) is 17.0 Å². The van der Waals surface area contributed by atoms with E-state index in [-0.39, 0.29) is 5.69 Å². The van der Waals surface area contributed by atoms with Gasteiger partial charge in [-0.1, -0.05) is 35.3 Å². The minimum absolute atomic E-state index is 0.0776. The van der Waals surface area contributed by atoms with Crippen LogP contribution in [-0.2, 0) is 6.54 Å². The second-order valence-corrected chi connectivity index (χ2v) is 5.11. The van der Waals surface area contributed by atoms with Crippen molar-refractivity contribution in [2.45, 2.75) is 13.5 Å². The molecule has 0 atom stereocenters. The molecule has 0 saturated heterocycles. The standard InChI is InChI=1S/C14H12Cl2N2O2/c1-9-7-11(18(19)20)5-6-13(9)17-8-10-3-2-4-12(15)14(10)16/h2-7,17H,8H2,1H3. The number of halogens is 2. The molecular formula is C14H12Cl2N2O2. The second-order valence-electron chi connectivity index (χ2n) is 4.32. The lowest BCUT2D eigenvalue weighted by molar-refractivity contribution is -0.384. The van der Waals surface area contributed by atoms with E-state index in [4.69, 9.17) is 23.2 Å². The molecule has 6 heteroatoms. The minimum Gasteiger partial charge on any atom is -0.381 e. The van der Waals surface area contributed by atoms with Gasteiger partial charge in [-0.05, 0) is 30.2 Å². The maximum Gasteiger partial charge on any atom is 0.269 e. The maximum atomic E-state index is 10.7. The van der Waals surface area contributed by atoms with Gasteiger partial charge >= 0.3 is 0 Å². The Kier molecular flexibility index (Phi) is 4.47. The summed E-state index contributed by atoms with van der Waals surface area (Å²) in [7, 11) is 0. The molecule has 0 unspecified atom stereocenters. The summed E-state index contributed by atoms with van der Waals surface area (Å²) < 4.78 is 0. The normalized spacial score (nSPS) is 10.3. The highest BCUT2D eigenvalue weighted by Crippen LogP contribution is 2.27. The minimum atomic E-state index is -0.412. The molecule has 0 fully saturated rings. The van der Waals surface area contributed by atoms with Gasteiger partial charge < -0.3 is 5.32 Å². The fourth-order valence-corrected chi connectivity index (χ4v) is 2.22. The van der Waals surface area contributed by atoms with Crippen molar-refractivity contribution in [2.24, 2.45) is 0 Å². The largest absolute Gasteiger partial charge is 0.381 e. The molecule has 0 aliphatic heterocycles. The van der Waals surface area contributed by atoms with Crippen LogP contribution in [0.3, 0.4) is 0 Å². The summed E-state index contributed by atoms with van der Waals surface area (Å²) in [5.74, 6) is 0. The molecule has 2 aromatic carbocycles. The lowest BCUT2D eigenvalue weighted by atomic mass is 10.1. The van der Waals surface area contributed by atoms with Crippen molar-refractivity contribution < 1.29 is 4.92 Å². The first kappa shape index (κ1) is 14.6. The lowest BCUT2D eigenvalue weighted by Gasteiger charge is -2.11. The van der Waals surface area contributed by atoms with Gasteiger partial charge in [-0.3, -0.25) is 10.1 Å². The zero-order chi connectivity index (χ0) is 14.7. The van der Waals surface area contributed by atoms with Crippen LogP contribution in [0.5, 0.6) is 0 Å². The van der Waals surface area contributed by atoms with Crippen molar-refractivity contribution in [1.82, 2.24) is 0 Å². The number of aryl methyl sites for hydroxylation is 1. The van der Waals surface area contributed by atoms with Crippen LogP contribution in [0.4, 0.5) is 11.4 Å². The number of nitrogens with one attached hydrogen (secondary N) is 1. The molecule has 104 valence electrons. The number of hydrogen-bond acceptors (Lipinski definition) is 3. The summed E-state index contributed by atoms with van der Waals surface area (Å²) in [5, 5.41) is 14.9. The van der Waals surface area contributed by atoms with E-state index >= 15 is 0 Å². The molecule has 0 radical (unpaired) electrons. The molecule has 0 saturated carbocycles. The number of hydrogen-bond donors (Lipinski definition) is 1. The third-order valence-corrected chi connectivity index (χ3v) is 3.78. The number of nitro groups is 1. The Bertz CT molecular complexity index is 660. The molecule has 0 spiro atoms. The van der Waals surface area contributed by atoms with Gasteiger partial charge in [0.15, 0.2) is 0 Å². The van der Waals surface area contributed by atoms with Gasteiger partial charge in [0.25, 0.3) is 5.69 Å². The molecule has 0 amide bonds. The maximum absolute atomic E-state index is 10.7. The van der Waals surface area contributed by atoms with Gasteiger partial charge in [0, 0.05) is 24.4 Å². The SMILES string of the molecule is Cc1cc([N+](=O)[O-])ccc1NCc1cccc(Cl)c1Cl. The zero-order valence-corrected chi connectivity index (χ0v) is 12.2. The molecule has 2 rings (SSSR count). The average molecular weight is 311 g/mol. The van der Waals surface area contributed by atoms with Crippen molar-refractivity contribution in [2.75, 3.05) is 5.32 Å². The molecule has 0 aliphatic carbocycles. The van der Waals surface area contributed by atoms with E-state index in [2.05, 4.69) is 5.32 Å². The van der Waals surface area contributed by atoms with Gasteiger partial charge in [-0.25, -0.2) is 0 Å². The van der Waals surface area contributed by atoms with E-state index in [1.165, 1.54) is 12.1 Å². The molecule has 0 aliphatic rings. The summed E-state index contributed by atoms with van der Waals surface area (Å²) in [5.41, 5.74) is 2.58. The van der Waals surface area contributed by atoms with E-state index in [0.717, 1.165) is 16.8 Å². The Morgan fingerprint density at radius 3 is 2.65 bits per heavy atom. The van der Waals surface area contributed by atoms with Crippen molar-refractivity contribution in [3.63, 3.8) is 0 Å². The third kappa shape index (κ3) is 3.21. The predicted molar refractivity (Wildman–Crippen MR) is 81.6 cm³/mol. The second kappa shape index (κ2) is 6.11. The van der Waals surface area contributed by atoms with E-state index in [0.29, 0.717) is 16.6 Å². The molecule has 4 nitrogen and oxygen atoms in total. The molecule has 20 heavy (non-hydrogen) atoms. The summed E-state index contributed by atoms with van der Waals surface area (Å²) in [4.78, 5) is 10.3. The van der Waals surface area contributed by atoms with Crippen LogP contribution in [-0.4, -0.2) is 4.92 Å². The number of anilines is 1. The van der Waals surface area contributed by atoms with E-state index in [1.54, 1.807) is 12.1 Å². The Morgan fingerprint density at radius 2 is 2.00 bits per heavy atom. The quantitative estimate of drug-likeness (QED) is 0.650. The van der Waals surface area contributed by atoms with Crippen molar-refractivity contribution >= 4 is 34.6 Å². The highest BCUT2D eigenvalue weighted by atomic mass is 35.5. The first-order valence-corrected chi connectivity index (χ1v) is 6.66. The number of non-ortho nitro benzene ring substituents is 1. The van der Waals surface area contributed by atoms with E-state index in [1.807, 2.05) is 19.1 Å². The van der Waals surface area contributed by atoms with Gasteiger partial charge in [0.1, 0.15) is 0 Å². The van der Waals surface area contributed by atoms with Crippen molar-refractivity contribution in [3.05, 3.63) is 67.7 Å². The molecule has 0 bridgehead atoms. The first-order chi connectivity index (χ1) is 9.49. The predicted octanol–water partition coefficient (Wildman–Crippen LogP) is 4.82.